The first kappa shape index (κ1) is 15.9. The molecule has 0 saturated carbocycles. The van der Waals surface area contributed by atoms with Crippen LogP contribution in [0.25, 0.3) is 5.95 Å². The van der Waals surface area contributed by atoms with E-state index in [1.807, 2.05) is 0 Å². The van der Waals surface area contributed by atoms with E-state index in [1.54, 1.807) is 37.2 Å². The van der Waals surface area contributed by atoms with Gasteiger partial charge in [-0.25, -0.2) is 23.8 Å². The van der Waals surface area contributed by atoms with Crippen LogP contribution in [0.5, 0.6) is 0 Å². The standard InChI is InChI=1S/C11H13N5O3.C3H4N2/c17-10-13-9(15-5-1-4-12-15)14-11(18)16(10)8-2-6-19-7-3-8;1-2-5-3-4-1/h1,4-5,8H,2-3,6-7H2,(H,13,14,17,18);1-3H,(H,4,5). The zero-order chi connectivity index (χ0) is 16.8. The number of ether oxygens (including phenoxy) is 1. The molecule has 126 valence electrons. The van der Waals surface area contributed by atoms with Crippen LogP contribution in [0.3, 0.4) is 0 Å². The van der Waals surface area contributed by atoms with Crippen LogP contribution in [-0.2, 0) is 4.74 Å². The van der Waals surface area contributed by atoms with Crippen LogP contribution in [0.15, 0.2) is 46.8 Å². The number of imidazole rings is 1. The van der Waals surface area contributed by atoms with Crippen LogP contribution in [0.2, 0.25) is 0 Å². The summed E-state index contributed by atoms with van der Waals surface area (Å²) >= 11 is 0. The Morgan fingerprint density at radius 1 is 1.21 bits per heavy atom. The second-order valence-electron chi connectivity index (χ2n) is 5.07. The smallest absolute Gasteiger partial charge is 0.355 e. The summed E-state index contributed by atoms with van der Waals surface area (Å²) in [5.41, 5.74) is -1.02. The highest BCUT2D eigenvalue weighted by Gasteiger charge is 2.20. The molecular weight excluding hydrogens is 314 g/mol. The van der Waals surface area contributed by atoms with Gasteiger partial charge in [-0.3, -0.25) is 4.98 Å². The number of hydrogen-bond donors (Lipinski definition) is 2. The molecule has 0 amide bonds. The molecule has 0 aromatic carbocycles. The fraction of sp³-hybridized carbons (Fsp3) is 0.357. The Hall–Kier alpha value is -3.01. The fourth-order valence-corrected chi connectivity index (χ4v) is 2.40. The van der Waals surface area contributed by atoms with Gasteiger partial charge in [-0.2, -0.15) is 10.1 Å². The first-order valence-electron chi connectivity index (χ1n) is 7.49. The van der Waals surface area contributed by atoms with Crippen LogP contribution in [0.4, 0.5) is 0 Å². The molecule has 4 rings (SSSR count). The van der Waals surface area contributed by atoms with Gasteiger partial charge in [-0.15, -0.1) is 0 Å². The van der Waals surface area contributed by atoms with Crippen molar-refractivity contribution in [1.29, 1.82) is 0 Å². The van der Waals surface area contributed by atoms with Gasteiger partial charge in [0.15, 0.2) is 0 Å². The lowest BCUT2D eigenvalue weighted by molar-refractivity contribution is 0.0670. The van der Waals surface area contributed by atoms with Crippen molar-refractivity contribution in [2.75, 3.05) is 13.2 Å². The van der Waals surface area contributed by atoms with Crippen molar-refractivity contribution < 1.29 is 4.74 Å². The number of H-pyrrole nitrogens is 2. The molecule has 3 aromatic rings. The van der Waals surface area contributed by atoms with E-state index < -0.39 is 11.4 Å². The van der Waals surface area contributed by atoms with Crippen molar-refractivity contribution in [2.45, 2.75) is 18.9 Å². The lowest BCUT2D eigenvalue weighted by atomic mass is 10.1. The van der Waals surface area contributed by atoms with Crippen LogP contribution < -0.4 is 11.4 Å². The highest BCUT2D eigenvalue weighted by molar-refractivity contribution is 5.06. The minimum absolute atomic E-state index is 0.128. The third-order valence-electron chi connectivity index (χ3n) is 3.53. The molecular formula is C14H17N7O3. The average molecular weight is 331 g/mol. The van der Waals surface area contributed by atoms with Gasteiger partial charge in [0.1, 0.15) is 0 Å². The van der Waals surface area contributed by atoms with E-state index >= 15 is 0 Å². The summed E-state index contributed by atoms with van der Waals surface area (Å²) in [5, 5.41) is 3.93. The van der Waals surface area contributed by atoms with Crippen molar-refractivity contribution in [2.24, 2.45) is 0 Å². The number of aromatic nitrogens is 7. The van der Waals surface area contributed by atoms with Crippen molar-refractivity contribution in [3.63, 3.8) is 0 Å². The molecule has 10 nitrogen and oxygen atoms in total. The quantitative estimate of drug-likeness (QED) is 0.674. The summed E-state index contributed by atoms with van der Waals surface area (Å²) in [6.45, 7) is 1.11. The van der Waals surface area contributed by atoms with Crippen molar-refractivity contribution in [3.05, 3.63) is 58.1 Å². The molecule has 0 unspecified atom stereocenters. The van der Waals surface area contributed by atoms with Gasteiger partial charge in [0, 0.05) is 44.0 Å². The highest BCUT2D eigenvalue weighted by Crippen LogP contribution is 2.16. The molecule has 1 aliphatic heterocycles. The molecule has 1 fully saturated rings. The normalized spacial score (nSPS) is 14.8. The molecule has 1 saturated heterocycles. The molecule has 0 spiro atoms. The molecule has 10 heteroatoms. The lowest BCUT2D eigenvalue weighted by Gasteiger charge is -2.22. The Bertz CT molecular complexity index is 797. The predicted octanol–water partition coefficient (Wildman–Crippen LogP) is -0.121. The first-order chi connectivity index (χ1) is 11.8. The minimum Gasteiger partial charge on any atom is -0.381 e. The number of rotatable bonds is 2. The largest absolute Gasteiger partial charge is 0.381 e. The van der Waals surface area contributed by atoms with E-state index in [1.165, 1.54) is 4.68 Å². The van der Waals surface area contributed by atoms with Gasteiger partial charge in [0.25, 0.3) is 0 Å². The fourth-order valence-electron chi connectivity index (χ4n) is 2.40. The molecule has 0 bridgehead atoms. The predicted molar refractivity (Wildman–Crippen MR) is 83.9 cm³/mol. The van der Waals surface area contributed by atoms with Crippen LogP contribution in [0, 0.1) is 0 Å². The zero-order valence-electron chi connectivity index (χ0n) is 12.8. The van der Waals surface area contributed by atoms with Gasteiger partial charge in [-0.1, -0.05) is 0 Å². The topological polar surface area (TPSA) is 123 Å². The summed E-state index contributed by atoms with van der Waals surface area (Å²) in [5.74, 6) is 0.128. The molecule has 4 heterocycles. The Labute approximate surface area is 136 Å². The molecule has 0 aliphatic carbocycles. The number of nitrogens with zero attached hydrogens (tertiary/aromatic N) is 5. The molecule has 0 atom stereocenters. The van der Waals surface area contributed by atoms with E-state index in [9.17, 15) is 9.59 Å². The highest BCUT2D eigenvalue weighted by atomic mass is 16.5. The third-order valence-corrected chi connectivity index (χ3v) is 3.53. The van der Waals surface area contributed by atoms with E-state index in [-0.39, 0.29) is 12.0 Å². The molecule has 1 aliphatic rings. The van der Waals surface area contributed by atoms with Gasteiger partial charge < -0.3 is 9.72 Å². The first-order valence-corrected chi connectivity index (χ1v) is 7.49. The summed E-state index contributed by atoms with van der Waals surface area (Å²) in [6.07, 6.45) is 9.53. The maximum absolute atomic E-state index is 12.0. The Balaban J connectivity index is 0.000000290. The Kier molecular flexibility index (Phi) is 4.96. The molecule has 2 N–H and O–H groups in total. The number of hydrogen-bond acceptors (Lipinski definition) is 6. The van der Waals surface area contributed by atoms with Gasteiger partial charge in [0.05, 0.1) is 6.33 Å². The SMILES string of the molecule is O=c1nc(-n2cccn2)[nH]c(=O)n1C1CCOCC1.c1c[nH]cn1. The van der Waals surface area contributed by atoms with E-state index in [4.69, 9.17) is 4.74 Å². The third kappa shape index (κ3) is 3.66. The average Bonchev–Trinajstić information content (AvgIpc) is 3.31. The van der Waals surface area contributed by atoms with Gasteiger partial charge in [-0.05, 0) is 18.9 Å². The van der Waals surface area contributed by atoms with Crippen LogP contribution in [-0.4, -0.2) is 47.5 Å². The summed E-state index contributed by atoms with van der Waals surface area (Å²) < 4.78 is 7.73. The second kappa shape index (κ2) is 7.51. The minimum atomic E-state index is -0.554. The molecule has 0 radical (unpaired) electrons. The van der Waals surface area contributed by atoms with Crippen molar-refractivity contribution >= 4 is 0 Å². The Morgan fingerprint density at radius 2 is 2.04 bits per heavy atom. The summed E-state index contributed by atoms with van der Waals surface area (Å²) in [7, 11) is 0. The van der Waals surface area contributed by atoms with E-state index in [2.05, 4.69) is 25.0 Å². The van der Waals surface area contributed by atoms with Gasteiger partial charge >= 0.3 is 11.4 Å². The molecule has 3 aromatic heterocycles. The molecule has 24 heavy (non-hydrogen) atoms. The Morgan fingerprint density at radius 3 is 2.58 bits per heavy atom. The number of aromatic amines is 2. The van der Waals surface area contributed by atoms with Crippen molar-refractivity contribution in [1.82, 2.24) is 34.3 Å². The maximum atomic E-state index is 12.0. The number of nitrogens with one attached hydrogen (secondary N) is 2. The van der Waals surface area contributed by atoms with E-state index in [0.717, 1.165) is 4.57 Å². The maximum Gasteiger partial charge on any atom is 0.355 e. The summed E-state index contributed by atoms with van der Waals surface area (Å²) in [4.78, 5) is 36.9. The van der Waals surface area contributed by atoms with Crippen LogP contribution in [0.1, 0.15) is 18.9 Å². The van der Waals surface area contributed by atoms with Crippen molar-refractivity contribution in [3.8, 4) is 5.95 Å². The summed E-state index contributed by atoms with van der Waals surface area (Å²) in [6, 6.07) is 1.54. The van der Waals surface area contributed by atoms with Gasteiger partial charge in [0.2, 0.25) is 5.95 Å². The second-order valence-corrected chi connectivity index (χ2v) is 5.07. The van der Waals surface area contributed by atoms with Crippen LogP contribution >= 0.6 is 0 Å². The van der Waals surface area contributed by atoms with E-state index in [0.29, 0.717) is 26.1 Å². The lowest BCUT2D eigenvalue weighted by Crippen LogP contribution is -2.42. The monoisotopic (exact) mass is 331 g/mol. The zero-order valence-corrected chi connectivity index (χ0v) is 12.8.